The number of thioether (sulfide) groups is 1. The highest BCUT2D eigenvalue weighted by molar-refractivity contribution is 7.98. The van der Waals surface area contributed by atoms with Crippen molar-refractivity contribution in [1.82, 2.24) is 4.90 Å². The smallest absolute Gasteiger partial charge is 0.326 e. The Labute approximate surface area is 146 Å². The van der Waals surface area contributed by atoms with Crippen LogP contribution in [0.1, 0.15) is 77.6 Å². The van der Waals surface area contributed by atoms with Crippen molar-refractivity contribution in [2.75, 3.05) is 19.1 Å². The summed E-state index contributed by atoms with van der Waals surface area (Å²) in [5.74, 6) is -0.185. The number of amides is 1. The normalized spacial score (nSPS) is 12.1. The quantitative estimate of drug-likeness (QED) is 0.442. The average molecular weight is 346 g/mol. The standard InChI is InChI=1S/C18H35NO3S/c1-4-5-6-7-8-9-10-11-12-13-17(20)19(2)16(18(21)22)14-15-23-3/h16H,4-15H2,1-3H3,(H,21,22)/t16-/m0/s1. The second-order valence-electron chi connectivity index (χ2n) is 6.22. The molecule has 0 spiro atoms. The minimum absolute atomic E-state index is 0.0403. The number of rotatable bonds is 15. The Hall–Kier alpha value is -0.710. The zero-order valence-electron chi connectivity index (χ0n) is 15.2. The van der Waals surface area contributed by atoms with Gasteiger partial charge in [0, 0.05) is 13.5 Å². The summed E-state index contributed by atoms with van der Waals surface area (Å²) in [6, 6.07) is -0.687. The fourth-order valence-electron chi connectivity index (χ4n) is 2.65. The Morgan fingerprint density at radius 2 is 1.52 bits per heavy atom. The second-order valence-corrected chi connectivity index (χ2v) is 7.20. The van der Waals surface area contributed by atoms with Crippen LogP contribution in [0, 0.1) is 0 Å². The molecule has 0 aliphatic carbocycles. The molecule has 0 aromatic rings. The zero-order chi connectivity index (χ0) is 17.5. The number of carboxylic acids is 1. The third-order valence-electron chi connectivity index (χ3n) is 4.24. The SMILES string of the molecule is CCCCCCCCCCCC(=O)N(C)[C@@H](CCSC)C(=O)O. The van der Waals surface area contributed by atoms with Gasteiger partial charge in [0.25, 0.3) is 0 Å². The van der Waals surface area contributed by atoms with Crippen LogP contribution in [-0.4, -0.2) is 47.0 Å². The van der Waals surface area contributed by atoms with E-state index in [-0.39, 0.29) is 5.91 Å². The van der Waals surface area contributed by atoms with E-state index in [0.29, 0.717) is 12.8 Å². The molecule has 0 saturated carbocycles. The number of carbonyl (C=O) groups is 2. The van der Waals surface area contributed by atoms with Gasteiger partial charge in [-0.05, 0) is 24.9 Å². The number of hydrogen-bond acceptors (Lipinski definition) is 3. The monoisotopic (exact) mass is 345 g/mol. The highest BCUT2D eigenvalue weighted by Crippen LogP contribution is 2.13. The van der Waals surface area contributed by atoms with Crippen LogP contribution in [0.4, 0.5) is 0 Å². The van der Waals surface area contributed by atoms with Gasteiger partial charge in [-0.1, -0.05) is 58.3 Å². The summed E-state index contributed by atoms with van der Waals surface area (Å²) in [5.41, 5.74) is 0. The van der Waals surface area contributed by atoms with Crippen LogP contribution in [-0.2, 0) is 9.59 Å². The molecule has 0 aliphatic rings. The average Bonchev–Trinajstić information content (AvgIpc) is 2.52. The maximum Gasteiger partial charge on any atom is 0.326 e. The minimum Gasteiger partial charge on any atom is -0.480 e. The summed E-state index contributed by atoms with van der Waals surface area (Å²) in [7, 11) is 1.62. The molecule has 4 nitrogen and oxygen atoms in total. The summed E-state index contributed by atoms with van der Waals surface area (Å²) >= 11 is 1.61. The first-order chi connectivity index (χ1) is 11.0. The fourth-order valence-corrected chi connectivity index (χ4v) is 3.11. The van der Waals surface area contributed by atoms with Gasteiger partial charge in [0.15, 0.2) is 0 Å². The highest BCUT2D eigenvalue weighted by atomic mass is 32.2. The number of hydrogen-bond donors (Lipinski definition) is 1. The highest BCUT2D eigenvalue weighted by Gasteiger charge is 2.25. The Balaban J connectivity index is 3.80. The van der Waals surface area contributed by atoms with Gasteiger partial charge in [-0.15, -0.1) is 0 Å². The molecular weight excluding hydrogens is 310 g/mol. The Morgan fingerprint density at radius 1 is 1.00 bits per heavy atom. The molecule has 5 heteroatoms. The van der Waals surface area contributed by atoms with Crippen molar-refractivity contribution in [1.29, 1.82) is 0 Å². The van der Waals surface area contributed by atoms with Gasteiger partial charge in [-0.3, -0.25) is 4.79 Å². The van der Waals surface area contributed by atoms with E-state index in [9.17, 15) is 14.7 Å². The maximum absolute atomic E-state index is 12.1. The Kier molecular flexibility index (Phi) is 14.4. The topological polar surface area (TPSA) is 57.6 Å². The first-order valence-electron chi connectivity index (χ1n) is 9.02. The van der Waals surface area contributed by atoms with Crippen molar-refractivity contribution in [3.05, 3.63) is 0 Å². The summed E-state index contributed by atoms with van der Waals surface area (Å²) in [5, 5.41) is 9.25. The second kappa shape index (κ2) is 14.9. The number of likely N-dealkylation sites (N-methyl/N-ethyl adjacent to an activating group) is 1. The summed E-state index contributed by atoms with van der Waals surface area (Å²) in [6.07, 6.45) is 13.9. The van der Waals surface area contributed by atoms with Crippen LogP contribution in [0.2, 0.25) is 0 Å². The van der Waals surface area contributed by atoms with Crippen molar-refractivity contribution in [3.8, 4) is 0 Å². The molecule has 0 rings (SSSR count). The fraction of sp³-hybridized carbons (Fsp3) is 0.889. The van der Waals surface area contributed by atoms with Gasteiger partial charge in [-0.25, -0.2) is 4.79 Å². The van der Waals surface area contributed by atoms with E-state index in [4.69, 9.17) is 0 Å². The predicted molar refractivity (Wildman–Crippen MR) is 99.0 cm³/mol. The van der Waals surface area contributed by atoms with Gasteiger partial charge in [-0.2, -0.15) is 11.8 Å². The van der Waals surface area contributed by atoms with Crippen molar-refractivity contribution in [2.45, 2.75) is 83.6 Å². The van der Waals surface area contributed by atoms with E-state index in [1.54, 1.807) is 18.8 Å². The lowest BCUT2D eigenvalue weighted by Crippen LogP contribution is -2.42. The molecule has 1 atom stereocenters. The van der Waals surface area contributed by atoms with Gasteiger partial charge in [0.2, 0.25) is 5.91 Å². The number of carboxylic acid groups (broad SMARTS) is 1. The first kappa shape index (κ1) is 22.3. The first-order valence-corrected chi connectivity index (χ1v) is 10.4. The van der Waals surface area contributed by atoms with Gasteiger partial charge in [0.1, 0.15) is 6.04 Å². The maximum atomic E-state index is 12.1. The molecule has 0 bridgehead atoms. The van der Waals surface area contributed by atoms with E-state index < -0.39 is 12.0 Å². The third kappa shape index (κ3) is 11.5. The lowest BCUT2D eigenvalue weighted by molar-refractivity contribution is -0.149. The van der Waals surface area contributed by atoms with E-state index in [2.05, 4.69) is 6.92 Å². The lowest BCUT2D eigenvalue weighted by atomic mass is 10.1. The Morgan fingerprint density at radius 3 is 2.00 bits per heavy atom. The molecule has 0 unspecified atom stereocenters. The summed E-state index contributed by atoms with van der Waals surface area (Å²) < 4.78 is 0. The summed E-state index contributed by atoms with van der Waals surface area (Å²) in [6.45, 7) is 2.23. The molecule has 0 aliphatic heterocycles. The van der Waals surface area contributed by atoms with Crippen LogP contribution in [0.3, 0.4) is 0 Å². The minimum atomic E-state index is -0.901. The molecule has 1 amide bonds. The van der Waals surface area contributed by atoms with E-state index in [1.165, 1.54) is 49.8 Å². The van der Waals surface area contributed by atoms with Gasteiger partial charge in [0.05, 0.1) is 0 Å². The molecule has 0 aromatic heterocycles. The molecule has 0 aromatic carbocycles. The molecule has 0 heterocycles. The number of aliphatic carboxylic acids is 1. The zero-order valence-corrected chi connectivity index (χ0v) is 16.0. The van der Waals surface area contributed by atoms with E-state index in [1.807, 2.05) is 6.26 Å². The molecule has 0 saturated heterocycles. The van der Waals surface area contributed by atoms with E-state index in [0.717, 1.165) is 18.6 Å². The van der Waals surface area contributed by atoms with Crippen molar-refractivity contribution < 1.29 is 14.7 Å². The van der Waals surface area contributed by atoms with Gasteiger partial charge < -0.3 is 10.0 Å². The summed E-state index contributed by atoms with van der Waals surface area (Å²) in [4.78, 5) is 24.8. The molecule has 0 fully saturated rings. The predicted octanol–water partition coefficient (Wildman–Crippen LogP) is 4.57. The van der Waals surface area contributed by atoms with Crippen LogP contribution >= 0.6 is 11.8 Å². The van der Waals surface area contributed by atoms with Gasteiger partial charge >= 0.3 is 5.97 Å². The lowest BCUT2D eigenvalue weighted by Gasteiger charge is -2.24. The molecule has 1 N–H and O–H groups in total. The Bertz CT molecular complexity index is 323. The molecule has 0 radical (unpaired) electrons. The third-order valence-corrected chi connectivity index (χ3v) is 4.88. The van der Waals surface area contributed by atoms with E-state index >= 15 is 0 Å². The number of nitrogens with zero attached hydrogens (tertiary/aromatic N) is 1. The number of carbonyl (C=O) groups excluding carboxylic acids is 1. The number of unbranched alkanes of at least 4 members (excludes halogenated alkanes) is 8. The van der Waals surface area contributed by atoms with Crippen molar-refractivity contribution >= 4 is 23.6 Å². The van der Waals surface area contributed by atoms with Crippen LogP contribution < -0.4 is 0 Å². The largest absolute Gasteiger partial charge is 0.480 e. The molecule has 136 valence electrons. The van der Waals surface area contributed by atoms with Crippen molar-refractivity contribution in [3.63, 3.8) is 0 Å². The van der Waals surface area contributed by atoms with Crippen LogP contribution in [0.25, 0.3) is 0 Å². The van der Waals surface area contributed by atoms with Crippen LogP contribution in [0.15, 0.2) is 0 Å². The molecular formula is C18H35NO3S. The van der Waals surface area contributed by atoms with Crippen LogP contribution in [0.5, 0.6) is 0 Å². The molecule has 23 heavy (non-hydrogen) atoms. The van der Waals surface area contributed by atoms with Crippen molar-refractivity contribution in [2.24, 2.45) is 0 Å².